The number of carbonyl (C=O) groups excluding carboxylic acids is 1. The van der Waals surface area contributed by atoms with Gasteiger partial charge in [-0.3, -0.25) is 14.5 Å². The largest absolute Gasteiger partial charge is 0.334 e. The van der Waals surface area contributed by atoms with E-state index in [1.54, 1.807) is 30.2 Å². The number of nitrogens with zero attached hydrogens (tertiary/aromatic N) is 5. The third-order valence-corrected chi connectivity index (χ3v) is 3.74. The highest BCUT2D eigenvalue weighted by molar-refractivity contribution is 5.74. The van der Waals surface area contributed by atoms with Crippen molar-refractivity contribution in [2.45, 2.75) is 25.8 Å². The molecule has 1 amide bonds. The third kappa shape index (κ3) is 2.17. The van der Waals surface area contributed by atoms with Crippen molar-refractivity contribution in [3.05, 3.63) is 30.4 Å². The Morgan fingerprint density at radius 1 is 1.40 bits per heavy atom. The fraction of sp³-hybridized carbons (Fsp3) is 0.429. The second-order valence-corrected chi connectivity index (χ2v) is 5.04. The lowest BCUT2D eigenvalue weighted by Gasteiger charge is -2.22. The first-order valence-corrected chi connectivity index (χ1v) is 6.74. The molecular weight excluding hydrogens is 254 g/mol. The van der Waals surface area contributed by atoms with Gasteiger partial charge in [0.15, 0.2) is 0 Å². The smallest absolute Gasteiger partial charge is 0.220 e. The normalized spacial score (nSPS) is 18.5. The fourth-order valence-electron chi connectivity index (χ4n) is 2.74. The van der Waals surface area contributed by atoms with Crippen molar-refractivity contribution in [1.82, 2.24) is 24.6 Å². The highest BCUT2D eigenvalue weighted by Gasteiger charge is 2.29. The maximum absolute atomic E-state index is 11.7. The summed E-state index contributed by atoms with van der Waals surface area (Å²) in [6, 6.07) is 1.96. The van der Waals surface area contributed by atoms with E-state index in [0.717, 1.165) is 36.5 Å². The molecule has 20 heavy (non-hydrogen) atoms. The lowest BCUT2D eigenvalue weighted by molar-refractivity contribution is -0.129. The van der Waals surface area contributed by atoms with Crippen molar-refractivity contribution in [3.63, 3.8) is 0 Å². The van der Waals surface area contributed by atoms with Crippen LogP contribution in [0.15, 0.2) is 24.7 Å². The molecule has 1 saturated heterocycles. The molecule has 3 heterocycles. The zero-order valence-corrected chi connectivity index (χ0v) is 11.7. The van der Waals surface area contributed by atoms with Gasteiger partial charge in [-0.1, -0.05) is 0 Å². The SMILES string of the molecule is CC(=O)N1CCC[C@@H]1c1cncc(-c2ccnn2C)n1. The summed E-state index contributed by atoms with van der Waals surface area (Å²) in [5.41, 5.74) is 2.57. The molecule has 0 N–H and O–H groups in total. The van der Waals surface area contributed by atoms with Gasteiger partial charge in [0, 0.05) is 26.7 Å². The Kier molecular flexibility index (Phi) is 3.22. The van der Waals surface area contributed by atoms with Gasteiger partial charge in [0.2, 0.25) is 5.91 Å². The Bertz CT molecular complexity index is 636. The maximum atomic E-state index is 11.7. The van der Waals surface area contributed by atoms with E-state index in [0.29, 0.717) is 0 Å². The zero-order valence-electron chi connectivity index (χ0n) is 11.7. The maximum Gasteiger partial charge on any atom is 0.220 e. The number of hydrogen-bond acceptors (Lipinski definition) is 4. The lowest BCUT2D eigenvalue weighted by Crippen LogP contribution is -2.28. The van der Waals surface area contributed by atoms with Crippen LogP contribution in [0.2, 0.25) is 0 Å². The molecular formula is C14H17N5O. The minimum atomic E-state index is 0.0492. The molecule has 0 aliphatic carbocycles. The van der Waals surface area contributed by atoms with Crippen LogP contribution in [0.3, 0.4) is 0 Å². The van der Waals surface area contributed by atoms with Crippen LogP contribution in [0.1, 0.15) is 31.5 Å². The minimum absolute atomic E-state index is 0.0492. The van der Waals surface area contributed by atoms with Crippen LogP contribution < -0.4 is 0 Å². The van der Waals surface area contributed by atoms with Crippen LogP contribution >= 0.6 is 0 Å². The molecule has 1 fully saturated rings. The number of amides is 1. The van der Waals surface area contributed by atoms with E-state index in [1.807, 2.05) is 18.0 Å². The highest BCUT2D eigenvalue weighted by atomic mass is 16.2. The molecule has 1 aliphatic rings. The standard InChI is InChI=1S/C14H17N5O/c1-10(20)19-7-3-4-14(19)12-9-15-8-11(17-12)13-5-6-16-18(13)2/h5-6,8-9,14H,3-4,7H2,1-2H3/t14-/m1/s1. The summed E-state index contributed by atoms with van der Waals surface area (Å²) in [7, 11) is 1.88. The predicted octanol–water partition coefficient (Wildman–Crippen LogP) is 1.56. The second-order valence-electron chi connectivity index (χ2n) is 5.04. The summed E-state index contributed by atoms with van der Waals surface area (Å²) in [5.74, 6) is 0.0974. The molecule has 0 saturated carbocycles. The van der Waals surface area contributed by atoms with Crippen molar-refractivity contribution in [3.8, 4) is 11.4 Å². The lowest BCUT2D eigenvalue weighted by atomic mass is 10.1. The molecule has 0 radical (unpaired) electrons. The Balaban J connectivity index is 1.96. The van der Waals surface area contributed by atoms with Crippen LogP contribution in [0.25, 0.3) is 11.4 Å². The predicted molar refractivity (Wildman–Crippen MR) is 73.6 cm³/mol. The van der Waals surface area contributed by atoms with Crippen LogP contribution in [-0.2, 0) is 11.8 Å². The Morgan fingerprint density at radius 3 is 2.95 bits per heavy atom. The van der Waals surface area contributed by atoms with E-state index in [9.17, 15) is 4.79 Å². The Labute approximate surface area is 117 Å². The second kappa shape index (κ2) is 5.03. The first-order valence-electron chi connectivity index (χ1n) is 6.74. The van der Waals surface area contributed by atoms with Crippen LogP contribution in [0.5, 0.6) is 0 Å². The van der Waals surface area contributed by atoms with Gasteiger partial charge >= 0.3 is 0 Å². The summed E-state index contributed by atoms with van der Waals surface area (Å²) in [5, 5.41) is 4.15. The summed E-state index contributed by atoms with van der Waals surface area (Å²) in [4.78, 5) is 22.5. The number of aryl methyl sites for hydroxylation is 1. The Hall–Kier alpha value is -2.24. The Morgan fingerprint density at radius 2 is 2.25 bits per heavy atom. The number of rotatable bonds is 2. The minimum Gasteiger partial charge on any atom is -0.334 e. The summed E-state index contributed by atoms with van der Waals surface area (Å²) < 4.78 is 1.77. The van der Waals surface area contributed by atoms with Crippen molar-refractivity contribution < 1.29 is 4.79 Å². The third-order valence-electron chi connectivity index (χ3n) is 3.74. The summed E-state index contributed by atoms with van der Waals surface area (Å²) in [6.45, 7) is 2.41. The molecule has 0 aromatic carbocycles. The van der Waals surface area contributed by atoms with Crippen molar-refractivity contribution in [2.24, 2.45) is 7.05 Å². The molecule has 1 atom stereocenters. The van der Waals surface area contributed by atoms with E-state index >= 15 is 0 Å². The van der Waals surface area contributed by atoms with Gasteiger partial charge in [-0.2, -0.15) is 5.10 Å². The van der Waals surface area contributed by atoms with Gasteiger partial charge in [0.1, 0.15) is 5.69 Å². The molecule has 0 bridgehead atoms. The summed E-state index contributed by atoms with van der Waals surface area (Å²) >= 11 is 0. The first kappa shape index (κ1) is 12.8. The number of hydrogen-bond donors (Lipinski definition) is 0. The molecule has 104 valence electrons. The van der Waals surface area contributed by atoms with Gasteiger partial charge in [-0.05, 0) is 18.9 Å². The summed E-state index contributed by atoms with van der Waals surface area (Å²) in [6.07, 6.45) is 7.19. The van der Waals surface area contributed by atoms with Gasteiger partial charge in [-0.25, -0.2) is 4.98 Å². The number of aromatic nitrogens is 4. The highest BCUT2D eigenvalue weighted by Crippen LogP contribution is 2.31. The van der Waals surface area contributed by atoms with Gasteiger partial charge in [-0.15, -0.1) is 0 Å². The van der Waals surface area contributed by atoms with Crippen molar-refractivity contribution >= 4 is 5.91 Å². The fourth-order valence-corrected chi connectivity index (χ4v) is 2.74. The molecule has 3 rings (SSSR count). The quantitative estimate of drug-likeness (QED) is 0.831. The molecule has 2 aromatic rings. The van der Waals surface area contributed by atoms with Crippen LogP contribution in [0.4, 0.5) is 0 Å². The van der Waals surface area contributed by atoms with E-state index in [2.05, 4.69) is 15.1 Å². The number of carbonyl (C=O) groups is 1. The van der Waals surface area contributed by atoms with Gasteiger partial charge < -0.3 is 4.90 Å². The van der Waals surface area contributed by atoms with Crippen LogP contribution in [-0.4, -0.2) is 37.1 Å². The van der Waals surface area contributed by atoms with Gasteiger partial charge in [0.25, 0.3) is 0 Å². The zero-order chi connectivity index (χ0) is 14.1. The van der Waals surface area contributed by atoms with E-state index in [1.165, 1.54) is 0 Å². The van der Waals surface area contributed by atoms with E-state index in [-0.39, 0.29) is 11.9 Å². The molecule has 0 spiro atoms. The molecule has 2 aromatic heterocycles. The average Bonchev–Trinajstić information content (AvgIpc) is 3.07. The molecule has 1 aliphatic heterocycles. The van der Waals surface area contributed by atoms with E-state index < -0.39 is 0 Å². The van der Waals surface area contributed by atoms with Crippen molar-refractivity contribution in [2.75, 3.05) is 6.54 Å². The first-order chi connectivity index (χ1) is 9.66. The van der Waals surface area contributed by atoms with E-state index in [4.69, 9.17) is 0 Å². The van der Waals surface area contributed by atoms with Crippen molar-refractivity contribution in [1.29, 1.82) is 0 Å². The monoisotopic (exact) mass is 271 g/mol. The van der Waals surface area contributed by atoms with Crippen LogP contribution in [0, 0.1) is 0 Å². The molecule has 0 unspecified atom stereocenters. The molecule has 6 nitrogen and oxygen atoms in total. The topological polar surface area (TPSA) is 63.9 Å². The number of likely N-dealkylation sites (tertiary alicyclic amines) is 1. The molecule has 6 heteroatoms. The average molecular weight is 271 g/mol. The van der Waals surface area contributed by atoms with Gasteiger partial charge in [0.05, 0.1) is 29.8 Å².